The number of hydrogen-bond acceptors (Lipinski definition) is 5. The van der Waals surface area contributed by atoms with Gasteiger partial charge in [0.2, 0.25) is 0 Å². The SMILES string of the molecule is COc1ccc(C(=O)OCc2ccc(C(C)C)cc2)cc1[N+](=O)[O-]. The largest absolute Gasteiger partial charge is 0.490 e. The average molecular weight is 329 g/mol. The van der Waals surface area contributed by atoms with Gasteiger partial charge in [-0.3, -0.25) is 10.1 Å². The Balaban J connectivity index is 2.07. The van der Waals surface area contributed by atoms with E-state index < -0.39 is 10.9 Å². The second-order valence-corrected chi connectivity index (χ2v) is 5.62. The van der Waals surface area contributed by atoms with Crippen LogP contribution < -0.4 is 4.74 Å². The molecule has 126 valence electrons. The smallest absolute Gasteiger partial charge is 0.338 e. The summed E-state index contributed by atoms with van der Waals surface area (Å²) in [7, 11) is 1.33. The highest BCUT2D eigenvalue weighted by Crippen LogP contribution is 2.27. The van der Waals surface area contributed by atoms with E-state index in [0.717, 1.165) is 11.6 Å². The number of carbonyl (C=O) groups is 1. The lowest BCUT2D eigenvalue weighted by atomic mass is 10.0. The van der Waals surface area contributed by atoms with E-state index >= 15 is 0 Å². The molecule has 0 fully saturated rings. The van der Waals surface area contributed by atoms with Crippen LogP contribution in [0.25, 0.3) is 0 Å². The highest BCUT2D eigenvalue weighted by Gasteiger charge is 2.19. The van der Waals surface area contributed by atoms with E-state index in [2.05, 4.69) is 13.8 Å². The molecule has 6 heteroatoms. The maximum Gasteiger partial charge on any atom is 0.338 e. The van der Waals surface area contributed by atoms with Crippen molar-refractivity contribution in [2.45, 2.75) is 26.4 Å². The maximum atomic E-state index is 12.1. The first kappa shape index (κ1) is 17.5. The second kappa shape index (κ2) is 7.59. The molecule has 0 spiro atoms. The molecule has 0 radical (unpaired) electrons. The van der Waals surface area contributed by atoms with Crippen molar-refractivity contribution < 1.29 is 19.2 Å². The van der Waals surface area contributed by atoms with Crippen LogP contribution in [0.3, 0.4) is 0 Å². The second-order valence-electron chi connectivity index (χ2n) is 5.62. The molecule has 2 aromatic carbocycles. The number of methoxy groups -OCH3 is 1. The molecular weight excluding hydrogens is 310 g/mol. The maximum absolute atomic E-state index is 12.1. The Kier molecular flexibility index (Phi) is 5.52. The summed E-state index contributed by atoms with van der Waals surface area (Å²) < 4.78 is 10.1. The Morgan fingerprint density at radius 1 is 1.17 bits per heavy atom. The summed E-state index contributed by atoms with van der Waals surface area (Å²) in [6, 6.07) is 11.8. The minimum absolute atomic E-state index is 0.0980. The summed E-state index contributed by atoms with van der Waals surface area (Å²) in [6.45, 7) is 4.31. The normalized spacial score (nSPS) is 10.5. The van der Waals surface area contributed by atoms with Crippen molar-refractivity contribution in [1.82, 2.24) is 0 Å². The van der Waals surface area contributed by atoms with Crippen LogP contribution in [-0.2, 0) is 11.3 Å². The van der Waals surface area contributed by atoms with E-state index in [9.17, 15) is 14.9 Å². The zero-order valence-electron chi connectivity index (χ0n) is 13.8. The van der Waals surface area contributed by atoms with Gasteiger partial charge in [0, 0.05) is 6.07 Å². The van der Waals surface area contributed by atoms with Crippen molar-refractivity contribution >= 4 is 11.7 Å². The summed E-state index contributed by atoms with van der Waals surface area (Å²) in [5, 5.41) is 11.0. The summed E-state index contributed by atoms with van der Waals surface area (Å²) in [5.74, 6) is -0.0871. The molecule has 0 atom stereocenters. The number of hydrogen-bond donors (Lipinski definition) is 0. The first-order valence-electron chi connectivity index (χ1n) is 7.50. The molecule has 0 saturated heterocycles. The number of benzene rings is 2. The first-order valence-corrected chi connectivity index (χ1v) is 7.50. The molecule has 24 heavy (non-hydrogen) atoms. The van der Waals surface area contributed by atoms with Gasteiger partial charge in [-0.25, -0.2) is 4.79 Å². The fraction of sp³-hybridized carbons (Fsp3) is 0.278. The summed E-state index contributed by atoms with van der Waals surface area (Å²) in [4.78, 5) is 22.5. The molecule has 2 aromatic rings. The highest BCUT2D eigenvalue weighted by molar-refractivity contribution is 5.90. The summed E-state index contributed by atoms with van der Waals surface area (Å²) >= 11 is 0. The van der Waals surface area contributed by atoms with E-state index in [4.69, 9.17) is 9.47 Å². The van der Waals surface area contributed by atoms with Gasteiger partial charge in [0.15, 0.2) is 5.75 Å². The molecule has 0 unspecified atom stereocenters. The molecule has 0 amide bonds. The molecule has 0 saturated carbocycles. The van der Waals surface area contributed by atoms with E-state index in [-0.39, 0.29) is 23.6 Å². The molecule has 0 aliphatic carbocycles. The van der Waals surface area contributed by atoms with Crippen LogP contribution in [-0.4, -0.2) is 18.0 Å². The molecule has 0 aliphatic rings. The molecule has 0 heterocycles. The third-order valence-electron chi connectivity index (χ3n) is 3.63. The van der Waals surface area contributed by atoms with E-state index in [0.29, 0.717) is 5.92 Å². The Morgan fingerprint density at radius 2 is 1.83 bits per heavy atom. The van der Waals surface area contributed by atoms with Crippen molar-refractivity contribution in [3.05, 3.63) is 69.3 Å². The van der Waals surface area contributed by atoms with Crippen molar-refractivity contribution in [3.8, 4) is 5.75 Å². The van der Waals surface area contributed by atoms with Crippen LogP contribution in [0.1, 0.15) is 41.3 Å². The van der Waals surface area contributed by atoms with E-state index in [1.807, 2.05) is 24.3 Å². The van der Waals surface area contributed by atoms with Gasteiger partial charge in [0.1, 0.15) is 6.61 Å². The Morgan fingerprint density at radius 3 is 2.38 bits per heavy atom. The van der Waals surface area contributed by atoms with Gasteiger partial charge in [-0.15, -0.1) is 0 Å². The van der Waals surface area contributed by atoms with Gasteiger partial charge in [-0.05, 0) is 29.2 Å². The highest BCUT2D eigenvalue weighted by atomic mass is 16.6. The zero-order valence-corrected chi connectivity index (χ0v) is 13.8. The number of rotatable bonds is 6. The first-order chi connectivity index (χ1) is 11.4. The van der Waals surface area contributed by atoms with Crippen molar-refractivity contribution in [3.63, 3.8) is 0 Å². The Hall–Kier alpha value is -2.89. The van der Waals surface area contributed by atoms with Crippen molar-refractivity contribution in [2.24, 2.45) is 0 Å². The number of esters is 1. The lowest BCUT2D eigenvalue weighted by Crippen LogP contribution is -2.06. The van der Waals surface area contributed by atoms with Crippen LogP contribution in [0.15, 0.2) is 42.5 Å². The number of carbonyl (C=O) groups excluding carboxylic acids is 1. The van der Waals surface area contributed by atoms with Crippen LogP contribution in [0.4, 0.5) is 5.69 Å². The van der Waals surface area contributed by atoms with Gasteiger partial charge in [0.25, 0.3) is 0 Å². The third kappa shape index (κ3) is 4.10. The van der Waals surface area contributed by atoms with Gasteiger partial charge in [-0.1, -0.05) is 38.1 Å². The number of ether oxygens (including phenoxy) is 2. The fourth-order valence-corrected chi connectivity index (χ4v) is 2.19. The van der Waals surface area contributed by atoms with Gasteiger partial charge in [0.05, 0.1) is 17.6 Å². The quantitative estimate of drug-likeness (QED) is 0.453. The monoisotopic (exact) mass is 329 g/mol. The lowest BCUT2D eigenvalue weighted by molar-refractivity contribution is -0.385. The van der Waals surface area contributed by atoms with Crippen LogP contribution in [0.5, 0.6) is 5.75 Å². The van der Waals surface area contributed by atoms with Crippen LogP contribution >= 0.6 is 0 Å². The predicted molar refractivity (Wildman–Crippen MR) is 89.3 cm³/mol. The zero-order chi connectivity index (χ0) is 17.7. The predicted octanol–water partition coefficient (Wildman–Crippen LogP) is 4.08. The van der Waals surface area contributed by atoms with Gasteiger partial charge < -0.3 is 9.47 Å². The topological polar surface area (TPSA) is 78.7 Å². The van der Waals surface area contributed by atoms with Crippen molar-refractivity contribution in [1.29, 1.82) is 0 Å². The summed E-state index contributed by atoms with van der Waals surface area (Å²) in [5.41, 5.74) is 1.90. The van der Waals surface area contributed by atoms with E-state index in [1.54, 1.807) is 0 Å². The molecule has 0 aliphatic heterocycles. The molecule has 0 aromatic heterocycles. The fourth-order valence-electron chi connectivity index (χ4n) is 2.19. The van der Waals surface area contributed by atoms with Crippen LogP contribution in [0, 0.1) is 10.1 Å². The summed E-state index contributed by atoms with van der Waals surface area (Å²) in [6.07, 6.45) is 0. The van der Waals surface area contributed by atoms with Gasteiger partial charge >= 0.3 is 11.7 Å². The minimum atomic E-state index is -0.617. The Bertz CT molecular complexity index is 738. The van der Waals surface area contributed by atoms with Crippen LogP contribution in [0.2, 0.25) is 0 Å². The number of nitro groups is 1. The van der Waals surface area contributed by atoms with E-state index in [1.165, 1.54) is 24.8 Å². The number of nitro benzene ring substituents is 1. The molecular formula is C18H19NO5. The number of nitrogens with zero attached hydrogens (tertiary/aromatic N) is 1. The molecule has 6 nitrogen and oxygen atoms in total. The average Bonchev–Trinajstić information content (AvgIpc) is 2.59. The Labute approximate surface area is 140 Å². The van der Waals surface area contributed by atoms with Crippen molar-refractivity contribution in [2.75, 3.05) is 7.11 Å². The molecule has 0 bridgehead atoms. The molecule has 2 rings (SSSR count). The van der Waals surface area contributed by atoms with Gasteiger partial charge in [-0.2, -0.15) is 0 Å². The molecule has 0 N–H and O–H groups in total. The lowest BCUT2D eigenvalue weighted by Gasteiger charge is -2.08. The third-order valence-corrected chi connectivity index (χ3v) is 3.63. The standard InChI is InChI=1S/C18H19NO5/c1-12(2)14-6-4-13(5-7-14)11-24-18(20)15-8-9-17(23-3)16(10-15)19(21)22/h4-10,12H,11H2,1-3H3. The minimum Gasteiger partial charge on any atom is -0.490 e.